The lowest BCUT2D eigenvalue weighted by atomic mass is 10.1. The number of carboxylic acid groups (broad SMARTS) is 2. The maximum Gasteiger partial charge on any atom is 0.414 e. The molecule has 3 aromatic rings. The molecular formula is C18H18N4O6. The fraction of sp³-hybridized carbons (Fsp3) is 0.111. The molecule has 0 aliphatic rings. The molecule has 0 saturated carbocycles. The van der Waals surface area contributed by atoms with Crippen molar-refractivity contribution in [3.63, 3.8) is 0 Å². The number of rotatable bonds is 5. The van der Waals surface area contributed by atoms with Crippen molar-refractivity contribution in [1.82, 2.24) is 9.97 Å². The number of carboxylic acids is 2. The number of amides is 1. The topological polar surface area (TPSA) is 179 Å². The molecule has 1 amide bonds. The number of carbonyl (C=O) groups excluding carboxylic acids is 1. The molecule has 10 heteroatoms. The van der Waals surface area contributed by atoms with Crippen molar-refractivity contribution >= 4 is 34.6 Å². The van der Waals surface area contributed by atoms with E-state index in [1.54, 1.807) is 6.20 Å². The SMILES string of the molecule is NC(=O)c1cnc2[nH]ccc2c1N[C@H](CO)c1ccccc1.O=C(O)C(=O)O. The number of aromatic nitrogens is 2. The van der Waals surface area contributed by atoms with E-state index in [0.717, 1.165) is 10.9 Å². The van der Waals surface area contributed by atoms with Gasteiger partial charge in [-0.3, -0.25) is 4.79 Å². The number of fused-ring (bicyclic) bond motifs is 1. The normalized spacial score (nSPS) is 11.2. The fourth-order valence-corrected chi connectivity index (χ4v) is 2.44. The molecule has 7 N–H and O–H groups in total. The summed E-state index contributed by atoms with van der Waals surface area (Å²) >= 11 is 0. The van der Waals surface area contributed by atoms with Crippen molar-refractivity contribution in [2.45, 2.75) is 6.04 Å². The van der Waals surface area contributed by atoms with Crippen molar-refractivity contribution in [1.29, 1.82) is 0 Å². The van der Waals surface area contributed by atoms with Gasteiger partial charge in [-0.25, -0.2) is 14.6 Å². The number of aliphatic hydroxyl groups excluding tert-OH is 1. The van der Waals surface area contributed by atoms with Crippen LogP contribution in [0.25, 0.3) is 11.0 Å². The van der Waals surface area contributed by atoms with Crippen LogP contribution in [0.4, 0.5) is 5.69 Å². The zero-order chi connectivity index (χ0) is 20.7. The highest BCUT2D eigenvalue weighted by Gasteiger charge is 2.18. The van der Waals surface area contributed by atoms with Crippen LogP contribution in [0.3, 0.4) is 0 Å². The molecule has 146 valence electrons. The molecule has 0 fully saturated rings. The number of nitrogens with zero attached hydrogens (tertiary/aromatic N) is 1. The second-order valence-corrected chi connectivity index (χ2v) is 5.55. The number of benzene rings is 1. The Hall–Kier alpha value is -3.92. The Morgan fingerprint density at radius 3 is 2.29 bits per heavy atom. The molecule has 1 atom stereocenters. The molecule has 28 heavy (non-hydrogen) atoms. The van der Waals surface area contributed by atoms with E-state index in [0.29, 0.717) is 16.9 Å². The van der Waals surface area contributed by atoms with E-state index < -0.39 is 17.8 Å². The lowest BCUT2D eigenvalue weighted by molar-refractivity contribution is -0.159. The highest BCUT2D eigenvalue weighted by molar-refractivity contribution is 6.27. The summed E-state index contributed by atoms with van der Waals surface area (Å²) in [5.41, 5.74) is 7.87. The van der Waals surface area contributed by atoms with Gasteiger partial charge in [0, 0.05) is 17.8 Å². The van der Waals surface area contributed by atoms with Crippen LogP contribution in [0.5, 0.6) is 0 Å². The molecule has 0 spiro atoms. The Labute approximate surface area is 158 Å². The van der Waals surface area contributed by atoms with Gasteiger partial charge in [0.25, 0.3) is 5.91 Å². The largest absolute Gasteiger partial charge is 0.473 e. The van der Waals surface area contributed by atoms with Crippen molar-refractivity contribution in [3.05, 3.63) is 59.9 Å². The number of aromatic amines is 1. The summed E-state index contributed by atoms with van der Waals surface area (Å²) in [5, 5.41) is 28.4. The quantitative estimate of drug-likeness (QED) is 0.351. The Morgan fingerprint density at radius 1 is 1.11 bits per heavy atom. The Morgan fingerprint density at radius 2 is 1.75 bits per heavy atom. The van der Waals surface area contributed by atoms with E-state index in [1.807, 2.05) is 36.4 Å². The van der Waals surface area contributed by atoms with Crippen LogP contribution in [0.2, 0.25) is 0 Å². The minimum Gasteiger partial charge on any atom is -0.473 e. The molecule has 0 aliphatic heterocycles. The average Bonchev–Trinajstić information content (AvgIpc) is 3.16. The van der Waals surface area contributed by atoms with Gasteiger partial charge in [-0.2, -0.15) is 0 Å². The number of hydrogen-bond donors (Lipinski definition) is 6. The number of hydrogen-bond acceptors (Lipinski definition) is 6. The van der Waals surface area contributed by atoms with E-state index in [1.165, 1.54) is 6.20 Å². The monoisotopic (exact) mass is 386 g/mol. The molecule has 2 heterocycles. The maximum atomic E-state index is 11.7. The molecule has 1 aromatic carbocycles. The highest BCUT2D eigenvalue weighted by atomic mass is 16.4. The zero-order valence-corrected chi connectivity index (χ0v) is 14.5. The third-order valence-corrected chi connectivity index (χ3v) is 3.74. The summed E-state index contributed by atoms with van der Waals surface area (Å²) in [6.07, 6.45) is 3.17. The lowest BCUT2D eigenvalue weighted by Gasteiger charge is -2.20. The van der Waals surface area contributed by atoms with Crippen molar-refractivity contribution in [2.75, 3.05) is 11.9 Å². The number of primary amides is 1. The summed E-state index contributed by atoms with van der Waals surface area (Å²) in [6.45, 7) is -0.115. The molecule has 0 radical (unpaired) electrons. The summed E-state index contributed by atoms with van der Waals surface area (Å²) < 4.78 is 0. The predicted molar refractivity (Wildman–Crippen MR) is 99.8 cm³/mol. The maximum absolute atomic E-state index is 11.7. The number of aliphatic hydroxyl groups is 1. The van der Waals surface area contributed by atoms with E-state index in [9.17, 15) is 9.90 Å². The van der Waals surface area contributed by atoms with Gasteiger partial charge in [0.15, 0.2) is 0 Å². The van der Waals surface area contributed by atoms with Crippen LogP contribution in [0.15, 0.2) is 48.8 Å². The standard InChI is InChI=1S/C16H16N4O2.C2H2O4/c17-15(22)12-8-19-16-11(6-7-18-16)14(12)20-13(9-21)10-4-2-1-3-5-10;3-1(4)2(5)6/h1-8,13,21H,9H2,(H2,17,22)(H2,18,19,20);(H,3,4)(H,5,6)/t13-;/m1./s1. The number of nitrogens with one attached hydrogen (secondary N) is 2. The molecular weight excluding hydrogens is 368 g/mol. The molecule has 10 nitrogen and oxygen atoms in total. The van der Waals surface area contributed by atoms with Gasteiger partial charge in [0.05, 0.1) is 23.9 Å². The molecule has 2 aromatic heterocycles. The van der Waals surface area contributed by atoms with E-state index in [2.05, 4.69) is 15.3 Å². The molecule has 0 bridgehead atoms. The summed E-state index contributed by atoms with van der Waals surface area (Å²) in [5.74, 6) is -4.21. The van der Waals surface area contributed by atoms with Gasteiger partial charge >= 0.3 is 11.9 Å². The van der Waals surface area contributed by atoms with Gasteiger partial charge in [0.1, 0.15) is 5.65 Å². The third-order valence-electron chi connectivity index (χ3n) is 3.74. The van der Waals surface area contributed by atoms with Crippen LogP contribution in [-0.4, -0.2) is 49.7 Å². The van der Waals surface area contributed by atoms with E-state index in [4.69, 9.17) is 25.5 Å². The number of carbonyl (C=O) groups is 3. The predicted octanol–water partition coefficient (Wildman–Crippen LogP) is 0.963. The number of pyridine rings is 1. The minimum atomic E-state index is -1.82. The van der Waals surface area contributed by atoms with Crippen LogP contribution < -0.4 is 11.1 Å². The molecule has 0 saturated heterocycles. The number of aliphatic carboxylic acids is 2. The Balaban J connectivity index is 0.000000409. The number of H-pyrrole nitrogens is 1. The van der Waals surface area contributed by atoms with Crippen LogP contribution in [0, 0.1) is 0 Å². The fourth-order valence-electron chi connectivity index (χ4n) is 2.44. The highest BCUT2D eigenvalue weighted by Crippen LogP contribution is 2.29. The van der Waals surface area contributed by atoms with Crippen molar-refractivity contribution in [2.24, 2.45) is 5.73 Å². The van der Waals surface area contributed by atoms with Crippen LogP contribution in [-0.2, 0) is 9.59 Å². The smallest absolute Gasteiger partial charge is 0.414 e. The third kappa shape index (κ3) is 4.83. The number of nitrogens with two attached hydrogens (primary N) is 1. The first kappa shape index (κ1) is 20.4. The zero-order valence-electron chi connectivity index (χ0n) is 14.5. The van der Waals surface area contributed by atoms with Crippen LogP contribution >= 0.6 is 0 Å². The van der Waals surface area contributed by atoms with Gasteiger partial charge in [-0.15, -0.1) is 0 Å². The van der Waals surface area contributed by atoms with E-state index >= 15 is 0 Å². The number of anilines is 1. The van der Waals surface area contributed by atoms with Gasteiger partial charge in [-0.1, -0.05) is 30.3 Å². The van der Waals surface area contributed by atoms with Crippen molar-refractivity contribution in [3.8, 4) is 0 Å². The molecule has 0 aliphatic carbocycles. The summed E-state index contributed by atoms with van der Waals surface area (Å²) in [7, 11) is 0. The van der Waals surface area contributed by atoms with E-state index in [-0.39, 0.29) is 12.6 Å². The summed E-state index contributed by atoms with van der Waals surface area (Å²) in [4.78, 5) is 37.0. The first-order valence-electron chi connectivity index (χ1n) is 7.99. The lowest BCUT2D eigenvalue weighted by Crippen LogP contribution is -2.20. The average molecular weight is 386 g/mol. The van der Waals surface area contributed by atoms with Crippen molar-refractivity contribution < 1.29 is 29.7 Å². The second-order valence-electron chi connectivity index (χ2n) is 5.55. The molecule has 0 unspecified atom stereocenters. The first-order chi connectivity index (χ1) is 13.3. The van der Waals surface area contributed by atoms with Gasteiger partial charge < -0.3 is 31.4 Å². The first-order valence-corrected chi connectivity index (χ1v) is 7.99. The van der Waals surface area contributed by atoms with Gasteiger partial charge in [-0.05, 0) is 11.6 Å². The summed E-state index contributed by atoms with van der Waals surface area (Å²) in [6, 6.07) is 11.0. The minimum absolute atomic E-state index is 0.115. The Kier molecular flexibility index (Phi) is 6.66. The van der Waals surface area contributed by atoms with Gasteiger partial charge in [0.2, 0.25) is 0 Å². The second kappa shape index (κ2) is 9.14. The Bertz CT molecular complexity index is 974. The van der Waals surface area contributed by atoms with Crippen LogP contribution in [0.1, 0.15) is 22.0 Å². The molecule has 3 rings (SSSR count).